The van der Waals surface area contributed by atoms with Gasteiger partial charge in [-0.3, -0.25) is 0 Å². The lowest BCUT2D eigenvalue weighted by atomic mass is 9.98. The van der Waals surface area contributed by atoms with Gasteiger partial charge in [0.2, 0.25) is 0 Å². The molecule has 0 bridgehead atoms. The fourth-order valence-electron chi connectivity index (χ4n) is 2.87. The Bertz CT molecular complexity index is 457. The van der Waals surface area contributed by atoms with Crippen molar-refractivity contribution in [3.63, 3.8) is 0 Å². The van der Waals surface area contributed by atoms with Gasteiger partial charge in [0.05, 0.1) is 18.5 Å². The van der Waals surface area contributed by atoms with E-state index in [0.29, 0.717) is 5.69 Å². The normalized spacial score (nSPS) is 18.7. The first-order valence-electron chi connectivity index (χ1n) is 7.06. The minimum Gasteiger partial charge on any atom is -0.494 e. The molecule has 2 aliphatic rings. The van der Waals surface area contributed by atoms with Gasteiger partial charge in [-0.2, -0.15) is 0 Å². The minimum absolute atomic E-state index is 0.242. The molecule has 3 N–H and O–H groups in total. The van der Waals surface area contributed by atoms with Crippen LogP contribution in [-0.2, 0) is 0 Å². The molecule has 2 saturated carbocycles. The van der Waals surface area contributed by atoms with Gasteiger partial charge in [0.1, 0.15) is 0 Å². The molecule has 2 fully saturated rings. The van der Waals surface area contributed by atoms with E-state index in [1.54, 1.807) is 6.07 Å². The van der Waals surface area contributed by atoms with Crippen LogP contribution in [0.25, 0.3) is 0 Å². The van der Waals surface area contributed by atoms with E-state index in [9.17, 15) is 4.39 Å². The predicted molar refractivity (Wildman–Crippen MR) is 74.8 cm³/mol. The topological polar surface area (TPSA) is 47.3 Å². The number of rotatable bonds is 6. The number of nitrogens with two attached hydrogens (primary N) is 1. The lowest BCUT2D eigenvalue weighted by Gasteiger charge is -2.18. The minimum atomic E-state index is -0.411. The van der Waals surface area contributed by atoms with Crippen LogP contribution in [-0.4, -0.2) is 13.7 Å². The van der Waals surface area contributed by atoms with Gasteiger partial charge in [0.15, 0.2) is 11.6 Å². The molecule has 0 saturated heterocycles. The molecule has 1 aromatic rings. The van der Waals surface area contributed by atoms with Gasteiger partial charge in [-0.25, -0.2) is 4.39 Å². The summed E-state index contributed by atoms with van der Waals surface area (Å²) in [6, 6.07) is 2.98. The summed E-state index contributed by atoms with van der Waals surface area (Å²) in [5.41, 5.74) is 7.09. The van der Waals surface area contributed by atoms with Crippen LogP contribution in [0.4, 0.5) is 15.8 Å². The van der Waals surface area contributed by atoms with Crippen molar-refractivity contribution in [2.75, 3.05) is 24.7 Å². The van der Waals surface area contributed by atoms with E-state index in [1.807, 2.05) is 0 Å². The van der Waals surface area contributed by atoms with Gasteiger partial charge in [-0.15, -0.1) is 0 Å². The highest BCUT2D eigenvalue weighted by molar-refractivity contribution is 5.68. The summed E-state index contributed by atoms with van der Waals surface area (Å²) in [6.45, 7) is 0.939. The molecular formula is C15H21FN2O. The maximum Gasteiger partial charge on any atom is 0.167 e. The SMILES string of the molecule is COc1cc(NCC(C2CC2)C2CC2)c(N)cc1F. The summed E-state index contributed by atoms with van der Waals surface area (Å²) in [4.78, 5) is 0. The van der Waals surface area contributed by atoms with E-state index in [0.717, 1.165) is 30.0 Å². The third-order valence-corrected chi connectivity index (χ3v) is 4.31. The van der Waals surface area contributed by atoms with Gasteiger partial charge in [-0.05, 0) is 43.4 Å². The summed E-state index contributed by atoms with van der Waals surface area (Å²) in [5.74, 6) is 2.38. The van der Waals surface area contributed by atoms with Crippen LogP contribution in [0, 0.1) is 23.6 Å². The van der Waals surface area contributed by atoms with Crippen molar-refractivity contribution in [1.29, 1.82) is 0 Å². The van der Waals surface area contributed by atoms with Gasteiger partial charge >= 0.3 is 0 Å². The first-order chi connectivity index (χ1) is 9.19. The Morgan fingerprint density at radius 1 is 1.32 bits per heavy atom. The molecule has 0 spiro atoms. The number of anilines is 2. The lowest BCUT2D eigenvalue weighted by Crippen LogP contribution is -2.19. The molecule has 0 radical (unpaired) electrons. The number of methoxy groups -OCH3 is 1. The fourth-order valence-corrected chi connectivity index (χ4v) is 2.87. The largest absolute Gasteiger partial charge is 0.494 e. The molecule has 0 amide bonds. The zero-order chi connectivity index (χ0) is 13.4. The molecular weight excluding hydrogens is 243 g/mol. The van der Waals surface area contributed by atoms with E-state index < -0.39 is 5.82 Å². The predicted octanol–water partition coefficient (Wildman–Crippen LogP) is 3.26. The second-order valence-corrected chi connectivity index (χ2v) is 5.79. The molecule has 0 aromatic heterocycles. The maximum absolute atomic E-state index is 13.5. The second kappa shape index (κ2) is 4.91. The number of hydrogen-bond acceptors (Lipinski definition) is 3. The van der Waals surface area contributed by atoms with Crippen LogP contribution < -0.4 is 15.8 Å². The highest BCUT2D eigenvalue weighted by atomic mass is 19.1. The first kappa shape index (κ1) is 12.6. The molecule has 19 heavy (non-hydrogen) atoms. The van der Waals surface area contributed by atoms with Crippen LogP contribution in [0.2, 0.25) is 0 Å². The molecule has 2 aliphatic carbocycles. The van der Waals surface area contributed by atoms with Crippen molar-refractivity contribution in [2.45, 2.75) is 25.7 Å². The summed E-state index contributed by atoms with van der Waals surface area (Å²) < 4.78 is 18.5. The Hall–Kier alpha value is -1.45. The number of hydrogen-bond donors (Lipinski definition) is 2. The van der Waals surface area contributed by atoms with Crippen molar-refractivity contribution in [1.82, 2.24) is 0 Å². The molecule has 4 heteroatoms. The van der Waals surface area contributed by atoms with Gasteiger partial charge in [-0.1, -0.05) is 0 Å². The van der Waals surface area contributed by atoms with Gasteiger partial charge < -0.3 is 15.8 Å². The first-order valence-corrected chi connectivity index (χ1v) is 7.06. The number of nitrogen functional groups attached to an aromatic ring is 1. The average Bonchev–Trinajstić information content (AvgIpc) is 3.26. The Morgan fingerprint density at radius 2 is 1.95 bits per heavy atom. The maximum atomic E-state index is 13.5. The van der Waals surface area contributed by atoms with Crippen LogP contribution in [0.5, 0.6) is 5.75 Å². The molecule has 3 rings (SSSR count). The highest BCUT2D eigenvalue weighted by Gasteiger charge is 2.41. The number of halogens is 1. The van der Waals surface area contributed by atoms with Gasteiger partial charge in [0.25, 0.3) is 0 Å². The van der Waals surface area contributed by atoms with Crippen LogP contribution >= 0.6 is 0 Å². The third kappa shape index (κ3) is 2.77. The van der Waals surface area contributed by atoms with Crippen LogP contribution in [0.3, 0.4) is 0 Å². The number of benzene rings is 1. The molecule has 104 valence electrons. The number of nitrogens with one attached hydrogen (secondary N) is 1. The van der Waals surface area contributed by atoms with Crippen molar-refractivity contribution < 1.29 is 9.13 Å². The standard InChI is InChI=1S/C15H21FN2O/c1-19-15-7-14(13(17)6-12(15)16)18-8-11(9-2-3-9)10-4-5-10/h6-7,9-11,18H,2-5,8,17H2,1H3. The van der Waals surface area contributed by atoms with Crippen LogP contribution in [0.15, 0.2) is 12.1 Å². The summed E-state index contributed by atoms with van der Waals surface area (Å²) >= 11 is 0. The Kier molecular flexibility index (Phi) is 3.25. The van der Waals surface area contributed by atoms with Crippen molar-refractivity contribution in [3.05, 3.63) is 17.9 Å². The quantitative estimate of drug-likeness (QED) is 0.775. The smallest absolute Gasteiger partial charge is 0.167 e. The Balaban J connectivity index is 1.68. The van der Waals surface area contributed by atoms with E-state index in [4.69, 9.17) is 10.5 Å². The molecule has 0 unspecified atom stereocenters. The highest BCUT2D eigenvalue weighted by Crippen LogP contribution is 2.49. The van der Waals surface area contributed by atoms with Crippen molar-refractivity contribution in [2.24, 2.45) is 17.8 Å². The summed E-state index contributed by atoms with van der Waals surface area (Å²) in [5, 5.41) is 3.39. The monoisotopic (exact) mass is 264 g/mol. The molecule has 0 atom stereocenters. The van der Waals surface area contributed by atoms with Crippen molar-refractivity contribution in [3.8, 4) is 5.75 Å². The summed E-state index contributed by atoms with van der Waals surface area (Å²) in [6.07, 6.45) is 5.46. The van der Waals surface area contributed by atoms with Crippen LogP contribution in [0.1, 0.15) is 25.7 Å². The Morgan fingerprint density at radius 3 is 2.47 bits per heavy atom. The van der Waals surface area contributed by atoms with E-state index in [1.165, 1.54) is 38.9 Å². The molecule has 0 aliphatic heterocycles. The van der Waals surface area contributed by atoms with Gasteiger partial charge in [0, 0.05) is 18.7 Å². The van der Waals surface area contributed by atoms with E-state index in [2.05, 4.69) is 5.32 Å². The number of ether oxygens (including phenoxy) is 1. The Labute approximate surface area is 113 Å². The molecule has 3 nitrogen and oxygen atoms in total. The zero-order valence-corrected chi connectivity index (χ0v) is 11.3. The van der Waals surface area contributed by atoms with Crippen molar-refractivity contribution >= 4 is 11.4 Å². The zero-order valence-electron chi connectivity index (χ0n) is 11.3. The summed E-state index contributed by atoms with van der Waals surface area (Å²) in [7, 11) is 1.47. The van der Waals surface area contributed by atoms with E-state index >= 15 is 0 Å². The second-order valence-electron chi connectivity index (χ2n) is 5.79. The average molecular weight is 264 g/mol. The molecule has 0 heterocycles. The lowest BCUT2D eigenvalue weighted by molar-refractivity contribution is 0.386. The molecule has 1 aromatic carbocycles. The third-order valence-electron chi connectivity index (χ3n) is 4.31. The van der Waals surface area contributed by atoms with E-state index in [-0.39, 0.29) is 5.75 Å². The fraction of sp³-hybridized carbons (Fsp3) is 0.600.